The molecule has 1 radical (unpaired) electrons. The van der Waals surface area contributed by atoms with Gasteiger partial charge in [-0.1, -0.05) is 60.1 Å². The zero-order chi connectivity index (χ0) is 22.5. The quantitative estimate of drug-likeness (QED) is 0.381. The summed E-state index contributed by atoms with van der Waals surface area (Å²) in [5.74, 6) is 1.00. The Bertz CT molecular complexity index is 923. The third kappa shape index (κ3) is 6.86. The van der Waals surface area contributed by atoms with E-state index in [9.17, 15) is 0 Å². The molecule has 0 amide bonds. The monoisotopic (exact) mass is 599 g/mol. The second-order valence-corrected chi connectivity index (χ2v) is 21.2. The van der Waals surface area contributed by atoms with Crippen LogP contribution in [0.4, 0.5) is 0 Å². The van der Waals surface area contributed by atoms with Crippen LogP contribution in [0.15, 0.2) is 41.5 Å². The zero-order valence-electron chi connectivity index (χ0n) is 21.8. The number of hydrogen-bond acceptors (Lipinski definition) is 2. The fourth-order valence-corrected chi connectivity index (χ4v) is 5.51. The number of allylic oxidation sites excluding steroid dienone is 3. The van der Waals surface area contributed by atoms with E-state index in [-0.39, 0.29) is 67.2 Å². The molecule has 0 fully saturated rings. The number of fused-ring (bicyclic) bond motifs is 1. The molecule has 33 heavy (non-hydrogen) atoms. The Balaban J connectivity index is 0.00000341. The number of halogens is 2. The maximum absolute atomic E-state index is 7.00. The summed E-state index contributed by atoms with van der Waals surface area (Å²) in [6.07, 6.45) is 11.0. The molecule has 1 aromatic carbocycles. The summed E-state index contributed by atoms with van der Waals surface area (Å²) < 4.78 is 13.8. The Morgan fingerprint density at radius 3 is 1.97 bits per heavy atom. The first-order valence-corrected chi connectivity index (χ1v) is 16.9. The van der Waals surface area contributed by atoms with Crippen molar-refractivity contribution in [2.45, 2.75) is 90.3 Å². The summed E-state index contributed by atoms with van der Waals surface area (Å²) in [7, 11) is -3.90. The van der Waals surface area contributed by atoms with Gasteiger partial charge in [0.1, 0.15) is 5.75 Å². The minimum absolute atomic E-state index is 0. The van der Waals surface area contributed by atoms with Gasteiger partial charge in [0.15, 0.2) is 8.32 Å². The van der Waals surface area contributed by atoms with Crippen molar-refractivity contribution in [3.63, 3.8) is 0 Å². The normalized spacial score (nSPS) is 17.8. The first-order chi connectivity index (χ1) is 13.6. The van der Waals surface area contributed by atoms with Gasteiger partial charge in [0, 0.05) is 5.56 Å². The fourth-order valence-electron chi connectivity index (χ4n) is 3.28. The summed E-state index contributed by atoms with van der Waals surface area (Å²) >= 11 is 0. The van der Waals surface area contributed by atoms with Gasteiger partial charge in [-0.05, 0) is 47.9 Å². The summed E-state index contributed by atoms with van der Waals surface area (Å²) in [6.45, 7) is 23.1. The molecule has 0 saturated heterocycles. The van der Waals surface area contributed by atoms with Crippen molar-refractivity contribution >= 4 is 22.7 Å². The minimum atomic E-state index is -1.96. The van der Waals surface area contributed by atoms with E-state index in [2.05, 4.69) is 110 Å². The fraction of sp³-hybridized carbons (Fsp3) is 0.538. The molecule has 0 spiro atoms. The maximum Gasteiger partial charge on any atom is 3.00 e. The van der Waals surface area contributed by atoms with Gasteiger partial charge in [0.05, 0.1) is 6.10 Å². The van der Waals surface area contributed by atoms with E-state index in [1.54, 1.807) is 0 Å². The molecule has 0 bridgehead atoms. The van der Waals surface area contributed by atoms with Crippen molar-refractivity contribution in [3.8, 4) is 5.75 Å². The Morgan fingerprint density at radius 2 is 1.48 bits per heavy atom. The average Bonchev–Trinajstić information content (AvgIpc) is 3.21. The van der Waals surface area contributed by atoms with Crippen LogP contribution < -0.4 is 29.2 Å². The SMILES string of the molecule is CC(C)(C)[Si](C)(C)Oc1cccc2c1C=C(C1=[C-]CC=C1)C2O[Si](C)(C)C(C)(C)C.[Cl-].[Cl-].[Zr+3]. The molecular weight excluding hydrogens is 563 g/mol. The number of benzene rings is 1. The van der Waals surface area contributed by atoms with E-state index in [0.717, 1.165) is 12.2 Å². The Kier molecular flexibility index (Phi) is 11.5. The Hall–Kier alpha value is 0.0969. The molecule has 2 aliphatic carbocycles. The summed E-state index contributed by atoms with van der Waals surface area (Å²) in [6, 6.07) is 6.47. The second kappa shape index (κ2) is 11.4. The van der Waals surface area contributed by atoms with E-state index in [1.165, 1.54) is 22.3 Å². The molecular formula is C26H39Cl2O2Si2Zr. The van der Waals surface area contributed by atoms with Crippen LogP contribution in [0.25, 0.3) is 6.08 Å². The predicted octanol–water partition coefficient (Wildman–Crippen LogP) is 2.23. The molecule has 7 heteroatoms. The van der Waals surface area contributed by atoms with E-state index < -0.39 is 16.6 Å². The Labute approximate surface area is 235 Å². The van der Waals surface area contributed by atoms with Crippen LogP contribution in [-0.4, -0.2) is 16.6 Å². The van der Waals surface area contributed by atoms with Crippen molar-refractivity contribution in [1.29, 1.82) is 0 Å². The van der Waals surface area contributed by atoms with Crippen LogP contribution in [0.5, 0.6) is 5.75 Å². The molecule has 0 heterocycles. The molecule has 0 N–H and O–H groups in total. The van der Waals surface area contributed by atoms with Crippen LogP contribution in [0.2, 0.25) is 36.3 Å². The van der Waals surface area contributed by atoms with Crippen molar-refractivity contribution < 1.29 is 59.9 Å². The van der Waals surface area contributed by atoms with Gasteiger partial charge in [0.25, 0.3) is 8.32 Å². The standard InChI is InChI=1S/C26H39O2Si2.2ClH.Zr/c1-25(2,3)29(7,8)27-23-17-13-16-20-22(23)18-21(19-14-11-12-15-19)24(20)28-30(9,10)26(4,5)6;;;/h11,13-14,16-18,24H,12H2,1-10H3;2*1H;/q-1;;;+3/p-2. The minimum Gasteiger partial charge on any atom is -1.00 e. The molecule has 1 aromatic rings. The molecule has 1 atom stereocenters. The summed E-state index contributed by atoms with van der Waals surface area (Å²) in [4.78, 5) is 0. The van der Waals surface area contributed by atoms with Crippen molar-refractivity contribution in [2.24, 2.45) is 0 Å². The number of rotatable bonds is 5. The first kappa shape index (κ1) is 33.1. The van der Waals surface area contributed by atoms with Gasteiger partial charge in [-0.3, -0.25) is 0 Å². The third-order valence-corrected chi connectivity index (χ3v) is 16.1. The molecule has 2 aliphatic rings. The van der Waals surface area contributed by atoms with Crippen molar-refractivity contribution in [3.05, 3.63) is 58.7 Å². The number of hydrogen-bond donors (Lipinski definition) is 0. The summed E-state index contributed by atoms with van der Waals surface area (Å²) in [5.41, 5.74) is 4.83. The zero-order valence-corrected chi connectivity index (χ0v) is 27.8. The van der Waals surface area contributed by atoms with Gasteiger partial charge in [-0.2, -0.15) is 17.7 Å². The van der Waals surface area contributed by atoms with Crippen LogP contribution in [0, 0.1) is 6.08 Å². The topological polar surface area (TPSA) is 18.5 Å². The van der Waals surface area contributed by atoms with Crippen molar-refractivity contribution in [2.75, 3.05) is 0 Å². The molecule has 3 rings (SSSR count). The van der Waals surface area contributed by atoms with Gasteiger partial charge in [-0.15, -0.1) is 17.7 Å². The van der Waals surface area contributed by atoms with Gasteiger partial charge in [-0.25, -0.2) is 0 Å². The van der Waals surface area contributed by atoms with Gasteiger partial charge >= 0.3 is 26.2 Å². The smallest absolute Gasteiger partial charge is 1.00 e. The summed E-state index contributed by atoms with van der Waals surface area (Å²) in [5, 5.41) is 0.308. The van der Waals surface area contributed by atoms with Gasteiger partial charge in [0.2, 0.25) is 0 Å². The molecule has 181 valence electrons. The second-order valence-electron chi connectivity index (χ2n) is 11.7. The average molecular weight is 602 g/mol. The first-order valence-electron chi connectivity index (χ1n) is 11.1. The molecule has 1 unspecified atom stereocenters. The van der Waals surface area contributed by atoms with Crippen LogP contribution in [0.1, 0.15) is 65.2 Å². The van der Waals surface area contributed by atoms with Gasteiger partial charge < -0.3 is 33.7 Å². The molecule has 0 aromatic heterocycles. The predicted molar refractivity (Wildman–Crippen MR) is 134 cm³/mol. The molecule has 0 aliphatic heterocycles. The third-order valence-electron chi connectivity index (χ3n) is 7.36. The van der Waals surface area contributed by atoms with E-state index >= 15 is 0 Å². The molecule has 2 nitrogen and oxygen atoms in total. The Morgan fingerprint density at radius 1 is 0.909 bits per heavy atom. The largest absolute Gasteiger partial charge is 3.00 e. The van der Waals surface area contributed by atoms with E-state index in [4.69, 9.17) is 8.85 Å². The van der Waals surface area contributed by atoms with Crippen LogP contribution >= 0.6 is 0 Å². The van der Waals surface area contributed by atoms with Crippen molar-refractivity contribution in [1.82, 2.24) is 0 Å². The van der Waals surface area contributed by atoms with E-state index in [1.807, 2.05) is 0 Å². The van der Waals surface area contributed by atoms with E-state index in [0.29, 0.717) is 0 Å². The maximum atomic E-state index is 7.00. The van der Waals surface area contributed by atoms with Crippen LogP contribution in [-0.2, 0) is 30.6 Å². The van der Waals surface area contributed by atoms with Crippen LogP contribution in [0.3, 0.4) is 0 Å². The molecule has 0 saturated carbocycles.